The maximum atomic E-state index is 10.3. The Balaban J connectivity index is 1.81. The van der Waals surface area contributed by atoms with Gasteiger partial charge in [-0.1, -0.05) is 0 Å². The molecule has 1 aliphatic carbocycles. The first kappa shape index (κ1) is 18.2. The highest BCUT2D eigenvalue weighted by Crippen LogP contribution is 2.39. The molecule has 5 heteroatoms. The first-order valence-corrected chi connectivity index (χ1v) is 8.71. The summed E-state index contributed by atoms with van der Waals surface area (Å²) in [6.45, 7) is 14.9. The van der Waals surface area contributed by atoms with Crippen molar-refractivity contribution in [3.8, 4) is 0 Å². The van der Waals surface area contributed by atoms with Crippen LogP contribution in [0.1, 0.15) is 67.7 Å². The maximum Gasteiger partial charge on any atom is 0.457 e. The van der Waals surface area contributed by atoms with Crippen LogP contribution in [-0.4, -0.2) is 41.1 Å². The van der Waals surface area contributed by atoms with Crippen LogP contribution in [0.5, 0.6) is 0 Å². The molecule has 2 rings (SSSR count). The second-order valence-corrected chi connectivity index (χ2v) is 9.15. The predicted octanol–water partition coefficient (Wildman–Crippen LogP) is 3.00. The molecule has 0 aromatic heterocycles. The van der Waals surface area contributed by atoms with Crippen molar-refractivity contribution in [2.24, 2.45) is 5.92 Å². The van der Waals surface area contributed by atoms with Gasteiger partial charge < -0.3 is 19.7 Å². The number of hydrogen-bond donors (Lipinski definition) is 2. The lowest BCUT2D eigenvalue weighted by atomic mass is 9.79. The highest BCUT2D eigenvalue weighted by Gasteiger charge is 2.51. The van der Waals surface area contributed by atoms with Crippen LogP contribution in [0.25, 0.3) is 0 Å². The fourth-order valence-corrected chi connectivity index (χ4v) is 3.58. The molecule has 3 atom stereocenters. The van der Waals surface area contributed by atoms with Crippen molar-refractivity contribution in [3.63, 3.8) is 0 Å². The molecule has 128 valence electrons. The average molecular weight is 311 g/mol. The lowest BCUT2D eigenvalue weighted by Gasteiger charge is -2.32. The molecule has 0 bridgehead atoms. The lowest BCUT2D eigenvalue weighted by Crippen LogP contribution is -2.42. The van der Waals surface area contributed by atoms with Crippen LogP contribution >= 0.6 is 0 Å². The van der Waals surface area contributed by atoms with Gasteiger partial charge in [-0.3, -0.25) is 0 Å². The summed E-state index contributed by atoms with van der Waals surface area (Å²) in [7, 11) is -0.146. The van der Waals surface area contributed by atoms with Crippen LogP contribution in [0.15, 0.2) is 0 Å². The SMILES string of the molecule is CC(C)(C)NC1C[C@H](CCB2OC(C)(C)C(C)(C)O2)[C@@H](O)C1. The Kier molecular flexibility index (Phi) is 5.04. The van der Waals surface area contributed by atoms with Gasteiger partial charge in [0.15, 0.2) is 0 Å². The smallest absolute Gasteiger partial charge is 0.403 e. The zero-order valence-electron chi connectivity index (χ0n) is 15.4. The molecule has 0 radical (unpaired) electrons. The molecule has 22 heavy (non-hydrogen) atoms. The third-order valence-electron chi connectivity index (χ3n) is 5.37. The number of rotatable bonds is 4. The van der Waals surface area contributed by atoms with Crippen molar-refractivity contribution in [1.82, 2.24) is 5.32 Å². The Labute approximate surface area is 136 Å². The molecule has 1 saturated heterocycles. The van der Waals surface area contributed by atoms with Crippen LogP contribution in [0, 0.1) is 5.92 Å². The summed E-state index contributed by atoms with van der Waals surface area (Å²) >= 11 is 0. The van der Waals surface area contributed by atoms with Crippen LogP contribution in [0.2, 0.25) is 6.32 Å². The van der Waals surface area contributed by atoms with E-state index in [0.717, 1.165) is 25.6 Å². The molecule has 2 fully saturated rings. The normalized spacial score (nSPS) is 34.4. The molecule has 0 aromatic rings. The summed E-state index contributed by atoms with van der Waals surface area (Å²) in [6, 6.07) is 0.415. The summed E-state index contributed by atoms with van der Waals surface area (Å²) in [5.41, 5.74) is -0.421. The molecule has 0 spiro atoms. The Hall–Kier alpha value is -0.0951. The third-order valence-corrected chi connectivity index (χ3v) is 5.37. The number of aliphatic hydroxyl groups excluding tert-OH is 1. The van der Waals surface area contributed by atoms with Gasteiger partial charge >= 0.3 is 7.12 Å². The predicted molar refractivity (Wildman–Crippen MR) is 90.9 cm³/mol. The van der Waals surface area contributed by atoms with E-state index in [1.807, 2.05) is 0 Å². The van der Waals surface area contributed by atoms with Gasteiger partial charge in [0.1, 0.15) is 0 Å². The average Bonchev–Trinajstić information content (AvgIpc) is 2.71. The van der Waals surface area contributed by atoms with Crippen LogP contribution in [-0.2, 0) is 9.31 Å². The first-order chi connectivity index (χ1) is 9.90. The molecule has 2 N–H and O–H groups in total. The Morgan fingerprint density at radius 1 is 1.09 bits per heavy atom. The number of aliphatic hydroxyl groups is 1. The molecule has 1 aliphatic heterocycles. The summed E-state index contributed by atoms with van der Waals surface area (Å²) in [5, 5.41) is 13.9. The molecule has 1 heterocycles. The van der Waals surface area contributed by atoms with E-state index in [0.29, 0.717) is 12.0 Å². The van der Waals surface area contributed by atoms with E-state index in [2.05, 4.69) is 53.8 Å². The molecule has 0 amide bonds. The largest absolute Gasteiger partial charge is 0.457 e. The quantitative estimate of drug-likeness (QED) is 0.784. The second-order valence-electron chi connectivity index (χ2n) is 9.15. The Morgan fingerprint density at radius 3 is 2.14 bits per heavy atom. The van der Waals surface area contributed by atoms with Crippen molar-refractivity contribution >= 4 is 7.12 Å². The summed E-state index contributed by atoms with van der Waals surface area (Å²) in [6.07, 6.45) is 3.50. The van der Waals surface area contributed by atoms with Crippen molar-refractivity contribution in [1.29, 1.82) is 0 Å². The van der Waals surface area contributed by atoms with E-state index in [1.165, 1.54) is 0 Å². The minimum Gasteiger partial charge on any atom is -0.403 e. The third kappa shape index (κ3) is 4.25. The lowest BCUT2D eigenvalue weighted by molar-refractivity contribution is 0.00578. The molecule has 2 aliphatic rings. The van der Waals surface area contributed by atoms with Gasteiger partial charge in [0.2, 0.25) is 0 Å². The molecular formula is C17H34BNO3. The van der Waals surface area contributed by atoms with Crippen molar-refractivity contribution in [2.45, 2.75) is 103 Å². The second kappa shape index (κ2) is 6.08. The highest BCUT2D eigenvalue weighted by molar-refractivity contribution is 6.45. The zero-order chi connectivity index (χ0) is 16.8. The number of hydrogen-bond acceptors (Lipinski definition) is 4. The minimum absolute atomic E-state index is 0.102. The van der Waals surface area contributed by atoms with E-state index < -0.39 is 0 Å². The molecule has 1 unspecified atom stereocenters. The van der Waals surface area contributed by atoms with Gasteiger partial charge in [-0.05, 0) is 80.0 Å². The van der Waals surface area contributed by atoms with Gasteiger partial charge in [-0.15, -0.1) is 0 Å². The minimum atomic E-state index is -0.262. The van der Waals surface area contributed by atoms with E-state index in [9.17, 15) is 5.11 Å². The topological polar surface area (TPSA) is 50.7 Å². The first-order valence-electron chi connectivity index (χ1n) is 8.71. The van der Waals surface area contributed by atoms with E-state index in [1.54, 1.807) is 0 Å². The van der Waals surface area contributed by atoms with Crippen molar-refractivity contribution in [2.75, 3.05) is 0 Å². The standard InChI is InChI=1S/C17H34BNO3/c1-15(2,3)19-13-10-12(14(20)11-13)8-9-18-21-16(4,5)17(6,7)22-18/h12-14,19-20H,8-11H2,1-7H3/t12-,13?,14-/m0/s1. The van der Waals surface area contributed by atoms with Crippen LogP contribution < -0.4 is 5.32 Å². The molecular weight excluding hydrogens is 277 g/mol. The van der Waals surface area contributed by atoms with Crippen LogP contribution in [0.3, 0.4) is 0 Å². The van der Waals surface area contributed by atoms with Gasteiger partial charge in [0.25, 0.3) is 0 Å². The van der Waals surface area contributed by atoms with Gasteiger partial charge in [-0.2, -0.15) is 0 Å². The Morgan fingerprint density at radius 2 is 1.64 bits per heavy atom. The van der Waals surface area contributed by atoms with Gasteiger partial charge in [0, 0.05) is 11.6 Å². The van der Waals surface area contributed by atoms with Crippen molar-refractivity contribution in [3.05, 3.63) is 0 Å². The van der Waals surface area contributed by atoms with Gasteiger partial charge in [0.05, 0.1) is 17.3 Å². The summed E-state index contributed by atoms with van der Waals surface area (Å²) in [4.78, 5) is 0. The van der Waals surface area contributed by atoms with Crippen molar-refractivity contribution < 1.29 is 14.4 Å². The van der Waals surface area contributed by atoms with Crippen LogP contribution in [0.4, 0.5) is 0 Å². The van der Waals surface area contributed by atoms with Gasteiger partial charge in [-0.25, -0.2) is 0 Å². The van der Waals surface area contributed by atoms with E-state index >= 15 is 0 Å². The van der Waals surface area contributed by atoms with E-state index in [-0.39, 0.29) is 30.0 Å². The molecule has 1 saturated carbocycles. The molecule has 0 aromatic carbocycles. The highest BCUT2D eigenvalue weighted by atomic mass is 16.7. The number of nitrogens with one attached hydrogen (secondary N) is 1. The zero-order valence-corrected chi connectivity index (χ0v) is 15.4. The molecule has 4 nitrogen and oxygen atoms in total. The fourth-order valence-electron chi connectivity index (χ4n) is 3.58. The summed E-state index contributed by atoms with van der Waals surface area (Å²) < 4.78 is 12.1. The fraction of sp³-hybridized carbons (Fsp3) is 1.00. The van der Waals surface area contributed by atoms with E-state index in [4.69, 9.17) is 9.31 Å². The monoisotopic (exact) mass is 311 g/mol. The Bertz CT molecular complexity index is 376. The summed E-state index contributed by atoms with van der Waals surface area (Å²) in [5.74, 6) is 0.346. The maximum absolute atomic E-state index is 10.3.